The molecule has 1 aromatic carbocycles. The minimum Gasteiger partial charge on any atom is -0.326 e. The summed E-state index contributed by atoms with van der Waals surface area (Å²) < 4.78 is 14.2. The zero-order chi connectivity index (χ0) is 15.8. The van der Waals surface area contributed by atoms with Crippen LogP contribution in [0.2, 0.25) is 0 Å². The van der Waals surface area contributed by atoms with Crippen molar-refractivity contribution in [3.8, 4) is 0 Å². The second kappa shape index (κ2) is 5.62. The normalized spacial score (nSPS) is 14.7. The predicted octanol–water partition coefficient (Wildman–Crippen LogP) is 4.28. The van der Waals surface area contributed by atoms with Gasteiger partial charge in [-0.05, 0) is 48.6 Å². The Labute approximate surface area is 136 Å². The summed E-state index contributed by atoms with van der Waals surface area (Å²) in [6.45, 7) is 0. The van der Waals surface area contributed by atoms with Gasteiger partial charge < -0.3 is 5.32 Å². The molecular weight excluding hydrogens is 313 g/mol. The van der Waals surface area contributed by atoms with E-state index in [1.807, 2.05) is 29.7 Å². The molecule has 0 bridgehead atoms. The third-order valence-corrected chi connectivity index (χ3v) is 4.65. The first-order chi connectivity index (χ1) is 11.2. The number of anilines is 1. The molecule has 0 aliphatic heterocycles. The van der Waals surface area contributed by atoms with Crippen LogP contribution in [0.5, 0.6) is 0 Å². The van der Waals surface area contributed by atoms with Crippen LogP contribution in [0, 0.1) is 11.7 Å². The summed E-state index contributed by atoms with van der Waals surface area (Å²) in [6, 6.07) is 7.05. The number of halogens is 1. The zero-order valence-corrected chi connectivity index (χ0v) is 13.0. The maximum Gasteiger partial charge on any atom is 0.227 e. The number of carbonyl (C=O) groups excluding carboxylic acids is 1. The fraction of sp³-hybridized carbons (Fsp3) is 0.176. The van der Waals surface area contributed by atoms with Crippen molar-refractivity contribution < 1.29 is 9.18 Å². The van der Waals surface area contributed by atoms with Gasteiger partial charge in [-0.15, -0.1) is 11.3 Å². The van der Waals surface area contributed by atoms with E-state index in [1.54, 1.807) is 17.4 Å². The molecule has 1 amide bonds. The van der Waals surface area contributed by atoms with Crippen LogP contribution in [0.25, 0.3) is 23.1 Å². The van der Waals surface area contributed by atoms with Crippen LogP contribution in [0.4, 0.5) is 10.1 Å². The highest BCUT2D eigenvalue weighted by molar-refractivity contribution is 7.10. The third kappa shape index (κ3) is 2.90. The summed E-state index contributed by atoms with van der Waals surface area (Å²) in [4.78, 5) is 13.0. The van der Waals surface area contributed by atoms with E-state index in [-0.39, 0.29) is 17.3 Å². The molecule has 0 radical (unpaired) electrons. The molecular formula is C17H14FN3OS. The van der Waals surface area contributed by atoms with E-state index in [0.717, 1.165) is 23.4 Å². The van der Waals surface area contributed by atoms with Gasteiger partial charge in [-0.3, -0.25) is 9.89 Å². The molecule has 1 fully saturated rings. The van der Waals surface area contributed by atoms with E-state index < -0.39 is 5.82 Å². The van der Waals surface area contributed by atoms with Crippen molar-refractivity contribution in [2.75, 3.05) is 5.32 Å². The number of hydrogen-bond acceptors (Lipinski definition) is 3. The van der Waals surface area contributed by atoms with Gasteiger partial charge in [-0.1, -0.05) is 6.07 Å². The van der Waals surface area contributed by atoms with Crippen LogP contribution in [0.1, 0.15) is 23.4 Å². The monoisotopic (exact) mass is 327 g/mol. The largest absolute Gasteiger partial charge is 0.326 e. The SMILES string of the molecule is O=C(Nc1cc(F)c2n[nH]c(/C=C/c3cccs3)c2c1)C1CC1. The second-order valence-corrected chi connectivity index (χ2v) is 6.58. The summed E-state index contributed by atoms with van der Waals surface area (Å²) in [5.41, 5.74) is 1.47. The Kier molecular flexibility index (Phi) is 3.46. The smallest absolute Gasteiger partial charge is 0.227 e. The standard InChI is InChI=1S/C17H14FN3OS/c18-14-9-11(19-17(22)10-3-4-10)8-13-15(20-21-16(13)14)6-5-12-2-1-7-23-12/h1-2,5-10H,3-4H2,(H,19,22)(H,20,21)/b6-5+. The Morgan fingerprint density at radius 1 is 1.39 bits per heavy atom. The van der Waals surface area contributed by atoms with Crippen LogP contribution in [0.15, 0.2) is 29.6 Å². The van der Waals surface area contributed by atoms with Crippen molar-refractivity contribution >= 4 is 46.0 Å². The average molecular weight is 327 g/mol. The van der Waals surface area contributed by atoms with Crippen LogP contribution in [0.3, 0.4) is 0 Å². The van der Waals surface area contributed by atoms with Crippen LogP contribution >= 0.6 is 11.3 Å². The maximum atomic E-state index is 14.2. The fourth-order valence-corrected chi connectivity index (χ4v) is 3.05. The Balaban J connectivity index is 1.68. The molecule has 4 nitrogen and oxygen atoms in total. The van der Waals surface area contributed by atoms with E-state index in [2.05, 4.69) is 15.5 Å². The Morgan fingerprint density at radius 2 is 2.26 bits per heavy atom. The Morgan fingerprint density at radius 3 is 3.00 bits per heavy atom. The summed E-state index contributed by atoms with van der Waals surface area (Å²) in [7, 11) is 0. The minimum absolute atomic E-state index is 0.0390. The topological polar surface area (TPSA) is 57.8 Å². The molecule has 2 heterocycles. The van der Waals surface area contributed by atoms with Crippen molar-refractivity contribution in [2.24, 2.45) is 5.92 Å². The van der Waals surface area contributed by atoms with E-state index in [1.165, 1.54) is 6.07 Å². The first-order valence-electron chi connectivity index (χ1n) is 7.41. The highest BCUT2D eigenvalue weighted by Gasteiger charge is 2.29. The van der Waals surface area contributed by atoms with Gasteiger partial charge in [-0.25, -0.2) is 4.39 Å². The third-order valence-electron chi connectivity index (χ3n) is 3.81. The van der Waals surface area contributed by atoms with Crippen LogP contribution < -0.4 is 5.32 Å². The maximum absolute atomic E-state index is 14.2. The van der Waals surface area contributed by atoms with Crippen molar-refractivity contribution in [1.29, 1.82) is 0 Å². The fourth-order valence-electron chi connectivity index (χ4n) is 2.43. The van der Waals surface area contributed by atoms with E-state index >= 15 is 0 Å². The second-order valence-electron chi connectivity index (χ2n) is 5.60. The number of hydrogen-bond donors (Lipinski definition) is 2. The molecule has 23 heavy (non-hydrogen) atoms. The van der Waals surface area contributed by atoms with E-state index in [9.17, 15) is 9.18 Å². The molecule has 0 spiro atoms. The lowest BCUT2D eigenvalue weighted by atomic mass is 10.1. The number of thiophene rings is 1. The highest BCUT2D eigenvalue weighted by Crippen LogP contribution is 2.31. The number of amides is 1. The van der Waals surface area contributed by atoms with Gasteiger partial charge in [0.05, 0.1) is 5.69 Å². The molecule has 1 saturated carbocycles. The molecule has 3 aromatic rings. The number of fused-ring (bicyclic) bond motifs is 1. The van der Waals surface area contributed by atoms with Gasteiger partial charge in [0.15, 0.2) is 5.82 Å². The van der Waals surface area contributed by atoms with Gasteiger partial charge >= 0.3 is 0 Å². The van der Waals surface area contributed by atoms with E-state index in [4.69, 9.17) is 0 Å². The zero-order valence-electron chi connectivity index (χ0n) is 12.2. The van der Waals surface area contributed by atoms with Gasteiger partial charge in [0.25, 0.3) is 0 Å². The first-order valence-corrected chi connectivity index (χ1v) is 8.29. The number of rotatable bonds is 4. The summed E-state index contributed by atoms with van der Waals surface area (Å²) in [6.07, 6.45) is 5.65. The molecule has 6 heteroatoms. The van der Waals surface area contributed by atoms with Crippen LogP contribution in [-0.2, 0) is 4.79 Å². The molecule has 0 unspecified atom stereocenters. The number of H-pyrrole nitrogens is 1. The van der Waals surface area contributed by atoms with Crippen molar-refractivity contribution in [3.63, 3.8) is 0 Å². The number of aromatic nitrogens is 2. The molecule has 116 valence electrons. The summed E-state index contributed by atoms with van der Waals surface area (Å²) >= 11 is 1.62. The number of aromatic amines is 1. The molecule has 4 rings (SSSR count). The predicted molar refractivity (Wildman–Crippen MR) is 90.7 cm³/mol. The molecule has 1 aliphatic carbocycles. The van der Waals surface area contributed by atoms with Gasteiger partial charge in [0.2, 0.25) is 5.91 Å². The molecule has 2 aromatic heterocycles. The Hall–Kier alpha value is -2.47. The highest BCUT2D eigenvalue weighted by atomic mass is 32.1. The van der Waals surface area contributed by atoms with Gasteiger partial charge in [-0.2, -0.15) is 5.10 Å². The number of nitrogens with one attached hydrogen (secondary N) is 2. The lowest BCUT2D eigenvalue weighted by molar-refractivity contribution is -0.117. The minimum atomic E-state index is -0.444. The lowest BCUT2D eigenvalue weighted by Gasteiger charge is -2.05. The number of benzene rings is 1. The molecule has 1 aliphatic rings. The first kappa shape index (κ1) is 14.1. The van der Waals surface area contributed by atoms with Crippen LogP contribution in [-0.4, -0.2) is 16.1 Å². The quantitative estimate of drug-likeness (QED) is 0.751. The van der Waals surface area contributed by atoms with Crippen molar-refractivity contribution in [3.05, 3.63) is 46.0 Å². The Bertz CT molecular complexity index is 894. The summed E-state index contributed by atoms with van der Waals surface area (Å²) in [5.74, 6) is -0.403. The van der Waals surface area contributed by atoms with Gasteiger partial charge in [0.1, 0.15) is 5.52 Å². The molecule has 2 N–H and O–H groups in total. The number of nitrogens with zero attached hydrogens (tertiary/aromatic N) is 1. The summed E-state index contributed by atoms with van der Waals surface area (Å²) in [5, 5.41) is 12.3. The van der Waals surface area contributed by atoms with Crippen molar-refractivity contribution in [1.82, 2.24) is 10.2 Å². The van der Waals surface area contributed by atoms with Gasteiger partial charge in [0, 0.05) is 21.9 Å². The average Bonchev–Trinajstić information content (AvgIpc) is 3.10. The molecule has 0 atom stereocenters. The number of carbonyl (C=O) groups is 1. The van der Waals surface area contributed by atoms with Crippen molar-refractivity contribution in [2.45, 2.75) is 12.8 Å². The lowest BCUT2D eigenvalue weighted by Crippen LogP contribution is -2.13. The molecule has 0 saturated heterocycles. The van der Waals surface area contributed by atoms with E-state index in [0.29, 0.717) is 11.1 Å².